The maximum atomic E-state index is 12.2. The van der Waals surface area contributed by atoms with E-state index < -0.39 is 0 Å². The number of nitrogens with one attached hydrogen (secondary N) is 1. The number of rotatable bonds is 5. The summed E-state index contributed by atoms with van der Waals surface area (Å²) in [4.78, 5) is 16.9. The van der Waals surface area contributed by atoms with Gasteiger partial charge in [0, 0.05) is 22.9 Å². The maximum Gasteiger partial charge on any atom is 0.225 e. The van der Waals surface area contributed by atoms with Gasteiger partial charge in [-0.15, -0.1) is 11.8 Å². The van der Waals surface area contributed by atoms with Gasteiger partial charge in [-0.3, -0.25) is 4.79 Å². The molecule has 1 aliphatic carbocycles. The zero-order valence-corrected chi connectivity index (χ0v) is 17.2. The average Bonchev–Trinajstić information content (AvgIpc) is 2.64. The summed E-state index contributed by atoms with van der Waals surface area (Å²) >= 11 is 13.4. The zero-order valence-electron chi connectivity index (χ0n) is 14.9. The number of halogens is 2. The number of benzene rings is 1. The molecular weight excluding hydrogens is 401 g/mol. The van der Waals surface area contributed by atoms with Crippen molar-refractivity contribution >= 4 is 46.6 Å². The molecule has 1 heterocycles. The molecule has 0 spiro atoms. The van der Waals surface area contributed by atoms with Gasteiger partial charge in [-0.05, 0) is 55.0 Å². The minimum atomic E-state index is -0.156. The fraction of sp³-hybridized carbons (Fsp3) is 0.350. The summed E-state index contributed by atoms with van der Waals surface area (Å²) in [5.74, 6) is 1.00. The largest absolute Gasteiger partial charge is 0.325 e. The van der Waals surface area contributed by atoms with Crippen LogP contribution in [0.3, 0.4) is 0 Å². The number of amides is 1. The summed E-state index contributed by atoms with van der Waals surface area (Å²) in [6, 6.07) is 9.13. The Labute approximate surface area is 173 Å². The number of aryl methyl sites for hydroxylation is 1. The standard InChI is InChI=1S/C20H19Cl2N3OS/c1-12-2-5-17-13(8-12)9-14(11-23)20(25-17)27-7-6-19(26)24-18-10-15(21)3-4-16(18)22/h3-4,9-10,12H,2,5-8H2,1H3,(H,24,26). The van der Waals surface area contributed by atoms with Crippen molar-refractivity contribution in [2.75, 3.05) is 11.1 Å². The number of carbonyl (C=O) groups is 1. The molecule has 1 aromatic heterocycles. The third-order valence-electron chi connectivity index (χ3n) is 4.49. The number of nitriles is 1. The monoisotopic (exact) mass is 419 g/mol. The van der Waals surface area contributed by atoms with E-state index in [9.17, 15) is 10.1 Å². The van der Waals surface area contributed by atoms with Gasteiger partial charge in [0.2, 0.25) is 5.91 Å². The average molecular weight is 420 g/mol. The number of hydrogen-bond acceptors (Lipinski definition) is 4. The van der Waals surface area contributed by atoms with Crippen molar-refractivity contribution in [3.63, 3.8) is 0 Å². The third kappa shape index (κ3) is 5.16. The summed E-state index contributed by atoms with van der Waals surface area (Å²) in [6.45, 7) is 2.22. The van der Waals surface area contributed by atoms with Crippen LogP contribution in [0.1, 0.15) is 36.6 Å². The molecular formula is C20H19Cl2N3OS. The Bertz CT molecular complexity index is 911. The fourth-order valence-corrected chi connectivity index (χ4v) is 4.32. The van der Waals surface area contributed by atoms with Crippen LogP contribution in [0.2, 0.25) is 10.0 Å². The Morgan fingerprint density at radius 3 is 3.00 bits per heavy atom. The van der Waals surface area contributed by atoms with Crippen molar-refractivity contribution in [1.29, 1.82) is 5.26 Å². The van der Waals surface area contributed by atoms with Gasteiger partial charge in [0.25, 0.3) is 0 Å². The van der Waals surface area contributed by atoms with Crippen molar-refractivity contribution in [2.24, 2.45) is 5.92 Å². The highest BCUT2D eigenvalue weighted by atomic mass is 35.5. The van der Waals surface area contributed by atoms with Gasteiger partial charge in [0.15, 0.2) is 0 Å². The van der Waals surface area contributed by atoms with E-state index >= 15 is 0 Å². The van der Waals surface area contributed by atoms with Crippen LogP contribution in [0.15, 0.2) is 29.3 Å². The minimum absolute atomic E-state index is 0.156. The Morgan fingerprint density at radius 1 is 1.41 bits per heavy atom. The van der Waals surface area contributed by atoms with Crippen molar-refractivity contribution in [1.82, 2.24) is 4.98 Å². The molecule has 1 aromatic carbocycles. The number of carbonyl (C=O) groups excluding carboxylic acids is 1. The van der Waals surface area contributed by atoms with Gasteiger partial charge < -0.3 is 5.32 Å². The Morgan fingerprint density at radius 2 is 2.22 bits per heavy atom. The highest BCUT2D eigenvalue weighted by molar-refractivity contribution is 7.99. The lowest BCUT2D eigenvalue weighted by molar-refractivity contribution is -0.115. The first-order valence-corrected chi connectivity index (χ1v) is 10.5. The second kappa shape index (κ2) is 8.97. The first-order valence-electron chi connectivity index (χ1n) is 8.77. The third-order valence-corrected chi connectivity index (χ3v) is 6.05. The summed E-state index contributed by atoms with van der Waals surface area (Å²) in [5, 5.41) is 13.9. The second-order valence-electron chi connectivity index (χ2n) is 6.68. The number of thioether (sulfide) groups is 1. The molecule has 1 amide bonds. The zero-order chi connectivity index (χ0) is 19.4. The molecule has 2 aromatic rings. The normalized spacial score (nSPS) is 15.7. The van der Waals surface area contributed by atoms with E-state index in [0.717, 1.165) is 25.0 Å². The minimum Gasteiger partial charge on any atom is -0.325 e. The number of nitrogens with zero attached hydrogens (tertiary/aromatic N) is 2. The number of fused-ring (bicyclic) bond motifs is 1. The van der Waals surface area contributed by atoms with Gasteiger partial charge >= 0.3 is 0 Å². The molecule has 0 saturated heterocycles. The summed E-state index contributed by atoms with van der Waals surface area (Å²) in [5.41, 5.74) is 3.36. The molecule has 0 radical (unpaired) electrons. The van der Waals surface area contributed by atoms with Crippen LogP contribution in [0, 0.1) is 17.2 Å². The van der Waals surface area contributed by atoms with Gasteiger partial charge in [-0.25, -0.2) is 4.98 Å². The van der Waals surface area contributed by atoms with E-state index in [4.69, 9.17) is 28.2 Å². The molecule has 0 aliphatic heterocycles. The summed E-state index contributed by atoms with van der Waals surface area (Å²) in [6.07, 6.45) is 3.33. The van der Waals surface area contributed by atoms with Crippen LogP contribution in [-0.2, 0) is 17.6 Å². The smallest absolute Gasteiger partial charge is 0.225 e. The van der Waals surface area contributed by atoms with E-state index in [2.05, 4.69) is 18.3 Å². The Balaban J connectivity index is 1.61. The van der Waals surface area contributed by atoms with Crippen LogP contribution in [0.25, 0.3) is 0 Å². The summed E-state index contributed by atoms with van der Waals surface area (Å²) < 4.78 is 0. The molecule has 0 saturated carbocycles. The van der Waals surface area contributed by atoms with E-state index in [1.807, 2.05) is 6.07 Å². The molecule has 140 valence electrons. The highest BCUT2D eigenvalue weighted by Crippen LogP contribution is 2.30. The predicted octanol–water partition coefficient (Wildman–Crippen LogP) is 5.51. The lowest BCUT2D eigenvalue weighted by atomic mass is 9.87. The molecule has 1 atom stereocenters. The molecule has 3 rings (SSSR count). The Hall–Kier alpha value is -1.74. The lowest BCUT2D eigenvalue weighted by Gasteiger charge is -2.21. The van der Waals surface area contributed by atoms with Crippen molar-refractivity contribution in [2.45, 2.75) is 37.6 Å². The number of aromatic nitrogens is 1. The predicted molar refractivity (Wildman–Crippen MR) is 111 cm³/mol. The molecule has 27 heavy (non-hydrogen) atoms. The van der Waals surface area contributed by atoms with Crippen LogP contribution in [0.5, 0.6) is 0 Å². The molecule has 4 nitrogen and oxygen atoms in total. The van der Waals surface area contributed by atoms with Gasteiger partial charge in [-0.1, -0.05) is 30.1 Å². The molecule has 0 fully saturated rings. The van der Waals surface area contributed by atoms with Crippen molar-refractivity contribution in [3.05, 3.63) is 51.1 Å². The van der Waals surface area contributed by atoms with Crippen LogP contribution >= 0.6 is 35.0 Å². The van der Waals surface area contributed by atoms with Gasteiger partial charge in [0.05, 0.1) is 16.3 Å². The first kappa shape index (κ1) is 20.0. The van der Waals surface area contributed by atoms with E-state index in [1.54, 1.807) is 18.2 Å². The van der Waals surface area contributed by atoms with Crippen molar-refractivity contribution in [3.8, 4) is 6.07 Å². The summed E-state index contributed by atoms with van der Waals surface area (Å²) in [7, 11) is 0. The number of pyridine rings is 1. The van der Waals surface area contributed by atoms with E-state index in [-0.39, 0.29) is 12.3 Å². The molecule has 7 heteroatoms. The SMILES string of the molecule is CC1CCc2nc(SCCC(=O)Nc3cc(Cl)ccc3Cl)c(C#N)cc2C1. The van der Waals surface area contributed by atoms with E-state index in [0.29, 0.717) is 38.0 Å². The molecule has 1 N–H and O–H groups in total. The molecule has 0 bridgehead atoms. The number of anilines is 1. The maximum absolute atomic E-state index is 12.2. The molecule has 1 aliphatic rings. The Kier molecular flexibility index (Phi) is 6.64. The van der Waals surface area contributed by atoms with Crippen LogP contribution in [-0.4, -0.2) is 16.6 Å². The van der Waals surface area contributed by atoms with E-state index in [1.165, 1.54) is 17.3 Å². The van der Waals surface area contributed by atoms with Gasteiger partial charge in [0.1, 0.15) is 11.1 Å². The van der Waals surface area contributed by atoms with Crippen LogP contribution < -0.4 is 5.32 Å². The fourth-order valence-electron chi connectivity index (χ4n) is 3.06. The van der Waals surface area contributed by atoms with Crippen molar-refractivity contribution < 1.29 is 4.79 Å². The van der Waals surface area contributed by atoms with Gasteiger partial charge in [-0.2, -0.15) is 5.26 Å². The first-order chi connectivity index (χ1) is 13.0. The molecule has 1 unspecified atom stereocenters. The topological polar surface area (TPSA) is 65.8 Å². The quantitative estimate of drug-likeness (QED) is 0.648. The number of hydrogen-bond donors (Lipinski definition) is 1. The lowest BCUT2D eigenvalue weighted by Crippen LogP contribution is -2.14. The van der Waals surface area contributed by atoms with Crippen LogP contribution in [0.4, 0.5) is 5.69 Å². The second-order valence-corrected chi connectivity index (χ2v) is 8.60. The highest BCUT2D eigenvalue weighted by Gasteiger charge is 2.19.